The number of nitrogens with zero attached hydrogens (tertiary/aromatic N) is 2. The fourth-order valence-electron chi connectivity index (χ4n) is 2.85. The Morgan fingerprint density at radius 2 is 2.13 bits per heavy atom. The summed E-state index contributed by atoms with van der Waals surface area (Å²) in [6.07, 6.45) is 1.52. The normalized spacial score (nSPS) is 10.8. The van der Waals surface area contributed by atoms with E-state index in [1.807, 2.05) is 6.92 Å². The number of nitrogen functional groups attached to an aromatic ring is 1. The number of benzene rings is 1. The van der Waals surface area contributed by atoms with Crippen molar-refractivity contribution in [1.82, 2.24) is 9.55 Å². The summed E-state index contributed by atoms with van der Waals surface area (Å²) in [4.78, 5) is 40.9. The van der Waals surface area contributed by atoms with Crippen molar-refractivity contribution in [3.05, 3.63) is 49.9 Å². The minimum absolute atomic E-state index is 0.00288. The van der Waals surface area contributed by atoms with Crippen LogP contribution in [0.25, 0.3) is 0 Å². The van der Waals surface area contributed by atoms with E-state index in [9.17, 15) is 18.8 Å². The molecule has 0 aliphatic heterocycles. The second kappa shape index (κ2) is 10.8. The molecule has 1 heterocycles. The lowest BCUT2D eigenvalue weighted by atomic mass is 10.3. The van der Waals surface area contributed by atoms with E-state index >= 15 is 0 Å². The monoisotopic (exact) mass is 441 g/mol. The Balaban J connectivity index is 2.34. The van der Waals surface area contributed by atoms with Crippen LogP contribution in [-0.4, -0.2) is 42.3 Å². The summed E-state index contributed by atoms with van der Waals surface area (Å²) in [5.41, 5.74) is 5.06. The summed E-state index contributed by atoms with van der Waals surface area (Å²) in [7, 11) is 1.48. The SMILES string of the molecule is CCCCn1c(N)c(N(CCOC)CC(=O)Nc2ccc(F)cc2Cl)c(=O)[nH]c1=O. The molecule has 0 radical (unpaired) electrons. The lowest BCUT2D eigenvalue weighted by Crippen LogP contribution is -2.42. The molecular weight excluding hydrogens is 417 g/mol. The van der Waals surface area contributed by atoms with Gasteiger partial charge in [0, 0.05) is 20.2 Å². The topological polar surface area (TPSA) is 122 Å². The van der Waals surface area contributed by atoms with E-state index in [0.717, 1.165) is 18.6 Å². The van der Waals surface area contributed by atoms with Crippen molar-refractivity contribution in [2.24, 2.45) is 0 Å². The maximum atomic E-state index is 13.2. The van der Waals surface area contributed by atoms with Gasteiger partial charge in [-0.05, 0) is 24.6 Å². The van der Waals surface area contributed by atoms with Crippen LogP contribution in [0.2, 0.25) is 5.02 Å². The van der Waals surface area contributed by atoms with Gasteiger partial charge in [0.1, 0.15) is 17.3 Å². The largest absolute Gasteiger partial charge is 0.383 e. The van der Waals surface area contributed by atoms with Gasteiger partial charge in [-0.15, -0.1) is 0 Å². The van der Waals surface area contributed by atoms with Gasteiger partial charge in [0.05, 0.1) is 23.9 Å². The molecule has 2 aromatic rings. The van der Waals surface area contributed by atoms with Crippen LogP contribution in [-0.2, 0) is 16.1 Å². The zero-order chi connectivity index (χ0) is 22.3. The Morgan fingerprint density at radius 3 is 2.77 bits per heavy atom. The van der Waals surface area contributed by atoms with Gasteiger partial charge in [0.15, 0.2) is 0 Å². The maximum Gasteiger partial charge on any atom is 0.330 e. The molecule has 1 aromatic heterocycles. The number of nitrogens with two attached hydrogens (primary N) is 1. The van der Waals surface area contributed by atoms with Gasteiger partial charge in [-0.3, -0.25) is 19.1 Å². The number of aromatic amines is 1. The Bertz CT molecular complexity index is 1010. The van der Waals surface area contributed by atoms with Gasteiger partial charge >= 0.3 is 5.69 Å². The van der Waals surface area contributed by atoms with Gasteiger partial charge in [-0.2, -0.15) is 0 Å². The Labute approximate surface area is 177 Å². The Hall–Kier alpha value is -2.85. The number of amides is 1. The predicted molar refractivity (Wildman–Crippen MR) is 115 cm³/mol. The molecule has 1 aromatic carbocycles. The molecule has 2 rings (SSSR count). The Kier molecular flexibility index (Phi) is 8.43. The van der Waals surface area contributed by atoms with E-state index in [0.29, 0.717) is 13.0 Å². The van der Waals surface area contributed by atoms with Crippen LogP contribution in [0.15, 0.2) is 27.8 Å². The molecule has 1 amide bonds. The molecule has 0 unspecified atom stereocenters. The van der Waals surface area contributed by atoms with Crippen LogP contribution in [0.3, 0.4) is 0 Å². The molecule has 0 fully saturated rings. The van der Waals surface area contributed by atoms with Crippen molar-refractivity contribution < 1.29 is 13.9 Å². The van der Waals surface area contributed by atoms with Crippen LogP contribution in [0.4, 0.5) is 21.6 Å². The average Bonchev–Trinajstić information content (AvgIpc) is 2.67. The number of nitrogens with one attached hydrogen (secondary N) is 2. The van der Waals surface area contributed by atoms with E-state index in [1.165, 1.54) is 22.6 Å². The summed E-state index contributed by atoms with van der Waals surface area (Å²) < 4.78 is 19.5. The fraction of sp³-hybridized carbons (Fsp3) is 0.421. The number of hydrogen-bond donors (Lipinski definition) is 3. The molecule has 9 nitrogen and oxygen atoms in total. The molecule has 0 saturated carbocycles. The summed E-state index contributed by atoms with van der Waals surface area (Å²) in [5, 5.41) is 2.61. The number of hydrogen-bond acceptors (Lipinski definition) is 6. The number of anilines is 3. The van der Waals surface area contributed by atoms with Crippen molar-refractivity contribution in [3.8, 4) is 0 Å². The van der Waals surface area contributed by atoms with Crippen molar-refractivity contribution in [2.75, 3.05) is 42.8 Å². The van der Waals surface area contributed by atoms with Crippen molar-refractivity contribution in [2.45, 2.75) is 26.3 Å². The molecule has 0 spiro atoms. The quantitative estimate of drug-likeness (QED) is 0.516. The number of ether oxygens (including phenoxy) is 1. The Morgan fingerprint density at radius 1 is 1.40 bits per heavy atom. The number of carbonyl (C=O) groups excluding carboxylic acids is 1. The highest BCUT2D eigenvalue weighted by Gasteiger charge is 2.21. The van der Waals surface area contributed by atoms with E-state index < -0.39 is 23.0 Å². The number of halogens is 2. The molecule has 30 heavy (non-hydrogen) atoms. The molecule has 0 aliphatic carbocycles. The third-order valence-electron chi connectivity index (χ3n) is 4.37. The highest BCUT2D eigenvalue weighted by Crippen LogP contribution is 2.23. The van der Waals surface area contributed by atoms with Gasteiger partial charge in [0.2, 0.25) is 5.91 Å². The van der Waals surface area contributed by atoms with Gasteiger partial charge in [0.25, 0.3) is 5.56 Å². The minimum atomic E-state index is -0.700. The van der Waals surface area contributed by atoms with Gasteiger partial charge in [-0.25, -0.2) is 9.18 Å². The molecule has 164 valence electrons. The number of H-pyrrole nitrogens is 1. The zero-order valence-corrected chi connectivity index (χ0v) is 17.6. The highest BCUT2D eigenvalue weighted by atomic mass is 35.5. The molecule has 0 bridgehead atoms. The van der Waals surface area contributed by atoms with E-state index in [-0.39, 0.29) is 41.9 Å². The number of rotatable bonds is 10. The zero-order valence-electron chi connectivity index (χ0n) is 16.8. The third-order valence-corrected chi connectivity index (χ3v) is 4.68. The summed E-state index contributed by atoms with van der Waals surface area (Å²) >= 11 is 5.95. The molecule has 4 N–H and O–H groups in total. The second-order valence-corrected chi connectivity index (χ2v) is 6.99. The van der Waals surface area contributed by atoms with Gasteiger partial charge in [-0.1, -0.05) is 24.9 Å². The van der Waals surface area contributed by atoms with E-state index in [4.69, 9.17) is 22.1 Å². The first-order valence-corrected chi connectivity index (χ1v) is 9.77. The van der Waals surface area contributed by atoms with E-state index in [1.54, 1.807) is 0 Å². The molecule has 0 atom stereocenters. The first kappa shape index (κ1) is 23.4. The smallest absolute Gasteiger partial charge is 0.330 e. The lowest BCUT2D eigenvalue weighted by Gasteiger charge is -2.25. The van der Waals surface area contributed by atoms with Crippen LogP contribution in [0, 0.1) is 5.82 Å². The van der Waals surface area contributed by atoms with Crippen LogP contribution < -0.4 is 27.2 Å². The average molecular weight is 442 g/mol. The van der Waals surface area contributed by atoms with E-state index in [2.05, 4.69) is 10.3 Å². The third kappa shape index (κ3) is 5.83. The van der Waals surface area contributed by atoms with Gasteiger partial charge < -0.3 is 20.7 Å². The number of aromatic nitrogens is 2. The summed E-state index contributed by atoms with van der Waals surface area (Å²) in [5.74, 6) is -1.07. The first-order valence-electron chi connectivity index (χ1n) is 9.39. The highest BCUT2D eigenvalue weighted by molar-refractivity contribution is 6.33. The standard InChI is InChI=1S/C19H25ClFN5O4/c1-3-4-7-26-17(22)16(18(28)24-19(26)29)25(8-9-30-2)11-15(27)23-14-6-5-12(21)10-13(14)20/h5-6,10H,3-4,7-9,11,22H2,1-2H3,(H,23,27)(H,24,28,29). The number of carbonyl (C=O) groups is 1. The van der Waals surface area contributed by atoms with Crippen molar-refractivity contribution in [1.29, 1.82) is 0 Å². The first-order chi connectivity index (χ1) is 14.3. The summed E-state index contributed by atoms with van der Waals surface area (Å²) in [6.45, 7) is 2.40. The van der Waals surface area contributed by atoms with Crippen LogP contribution in [0.5, 0.6) is 0 Å². The van der Waals surface area contributed by atoms with Crippen LogP contribution in [0.1, 0.15) is 19.8 Å². The van der Waals surface area contributed by atoms with Crippen LogP contribution >= 0.6 is 11.6 Å². The van der Waals surface area contributed by atoms with Crippen molar-refractivity contribution in [3.63, 3.8) is 0 Å². The fourth-order valence-corrected chi connectivity index (χ4v) is 3.06. The lowest BCUT2D eigenvalue weighted by molar-refractivity contribution is -0.115. The molecular formula is C19H25ClFN5O4. The molecule has 11 heteroatoms. The van der Waals surface area contributed by atoms with Crippen molar-refractivity contribution >= 4 is 34.7 Å². The summed E-state index contributed by atoms with van der Waals surface area (Å²) in [6, 6.07) is 3.57. The predicted octanol–water partition coefficient (Wildman–Crippen LogP) is 1.80. The minimum Gasteiger partial charge on any atom is -0.383 e. The number of methoxy groups -OCH3 is 1. The molecule has 0 saturated heterocycles. The second-order valence-electron chi connectivity index (χ2n) is 6.59. The number of unbranched alkanes of at least 4 members (excludes halogenated alkanes) is 1. The molecule has 0 aliphatic rings. The maximum absolute atomic E-state index is 13.2.